The van der Waals surface area contributed by atoms with Gasteiger partial charge in [-0.05, 0) is 31.0 Å². The Morgan fingerprint density at radius 1 is 1.12 bits per heavy atom. The van der Waals surface area contributed by atoms with Crippen molar-refractivity contribution in [3.63, 3.8) is 0 Å². The fourth-order valence-electron chi connectivity index (χ4n) is 3.68. The first-order valence-corrected chi connectivity index (χ1v) is 8.61. The molecule has 0 radical (unpaired) electrons. The second-order valence-corrected chi connectivity index (χ2v) is 6.52. The van der Waals surface area contributed by atoms with Gasteiger partial charge in [-0.15, -0.1) is 0 Å². The number of benzene rings is 2. The summed E-state index contributed by atoms with van der Waals surface area (Å²) in [6.07, 6.45) is 2.00. The molecule has 2 atom stereocenters. The summed E-state index contributed by atoms with van der Waals surface area (Å²) < 4.78 is 5.67. The average Bonchev–Trinajstić information content (AvgIpc) is 3.23. The molecule has 4 nitrogen and oxygen atoms in total. The van der Waals surface area contributed by atoms with Crippen LogP contribution < -0.4 is 10.1 Å². The van der Waals surface area contributed by atoms with E-state index >= 15 is 0 Å². The van der Waals surface area contributed by atoms with Gasteiger partial charge in [-0.2, -0.15) is 0 Å². The van der Waals surface area contributed by atoms with Gasteiger partial charge in [0.15, 0.2) is 0 Å². The molecule has 2 aromatic carbocycles. The Kier molecular flexibility index (Phi) is 4.22. The van der Waals surface area contributed by atoms with Crippen LogP contribution in [0.2, 0.25) is 0 Å². The van der Waals surface area contributed by atoms with E-state index in [1.54, 1.807) is 0 Å². The summed E-state index contributed by atoms with van der Waals surface area (Å²) in [6, 6.07) is 18.2. The van der Waals surface area contributed by atoms with Crippen molar-refractivity contribution in [3.05, 3.63) is 65.7 Å². The molecule has 0 spiro atoms. The maximum atomic E-state index is 12.8. The molecule has 0 saturated carbocycles. The monoisotopic (exact) mass is 322 g/mol. The van der Waals surface area contributed by atoms with Gasteiger partial charge in [-0.3, -0.25) is 9.69 Å². The summed E-state index contributed by atoms with van der Waals surface area (Å²) in [7, 11) is 0. The van der Waals surface area contributed by atoms with E-state index < -0.39 is 0 Å². The lowest BCUT2D eigenvalue weighted by Gasteiger charge is -2.25. The van der Waals surface area contributed by atoms with Gasteiger partial charge in [0.25, 0.3) is 0 Å². The molecule has 1 amide bonds. The molecule has 2 aliphatic heterocycles. The molecule has 0 unspecified atom stereocenters. The van der Waals surface area contributed by atoms with Crippen LogP contribution in [0.5, 0.6) is 5.75 Å². The van der Waals surface area contributed by atoms with Crippen molar-refractivity contribution in [1.29, 1.82) is 0 Å². The molecule has 2 aliphatic rings. The fourth-order valence-corrected chi connectivity index (χ4v) is 3.68. The van der Waals surface area contributed by atoms with Crippen LogP contribution in [0.25, 0.3) is 0 Å². The minimum atomic E-state index is -0.0435. The van der Waals surface area contributed by atoms with Crippen LogP contribution in [0.4, 0.5) is 0 Å². The number of hydrogen-bond donors (Lipinski definition) is 1. The molecule has 4 rings (SSSR count). The molecule has 1 N–H and O–H groups in total. The van der Waals surface area contributed by atoms with Crippen LogP contribution in [0.15, 0.2) is 54.6 Å². The number of nitrogens with one attached hydrogen (secondary N) is 1. The van der Waals surface area contributed by atoms with Crippen molar-refractivity contribution >= 4 is 5.91 Å². The van der Waals surface area contributed by atoms with E-state index in [1.807, 2.05) is 42.5 Å². The van der Waals surface area contributed by atoms with Gasteiger partial charge >= 0.3 is 0 Å². The largest absolute Gasteiger partial charge is 0.491 e. The standard InChI is InChI=1S/C20H22N2O2/c23-20(21-17-14-24-19-11-5-4-9-16(17)19)18-10-6-12-22(18)13-15-7-2-1-3-8-15/h1-5,7-9,11,17-18H,6,10,12-14H2,(H,21,23)/t17-,18-/m0/s1. The highest BCUT2D eigenvalue weighted by Gasteiger charge is 2.33. The summed E-state index contributed by atoms with van der Waals surface area (Å²) >= 11 is 0. The first-order valence-electron chi connectivity index (χ1n) is 8.61. The van der Waals surface area contributed by atoms with Crippen molar-refractivity contribution < 1.29 is 9.53 Å². The number of likely N-dealkylation sites (tertiary alicyclic amines) is 1. The van der Waals surface area contributed by atoms with Gasteiger partial charge in [-0.1, -0.05) is 48.5 Å². The summed E-state index contributed by atoms with van der Waals surface area (Å²) in [5, 5.41) is 3.19. The second-order valence-electron chi connectivity index (χ2n) is 6.52. The number of nitrogens with zero attached hydrogens (tertiary/aromatic N) is 1. The van der Waals surface area contributed by atoms with Crippen molar-refractivity contribution in [2.75, 3.05) is 13.2 Å². The van der Waals surface area contributed by atoms with Crippen LogP contribution in [-0.2, 0) is 11.3 Å². The second kappa shape index (κ2) is 6.65. The van der Waals surface area contributed by atoms with E-state index in [0.717, 1.165) is 37.2 Å². The summed E-state index contributed by atoms with van der Waals surface area (Å²) in [4.78, 5) is 15.1. The number of ether oxygens (including phenoxy) is 1. The third-order valence-corrected chi connectivity index (χ3v) is 4.91. The Hall–Kier alpha value is -2.33. The smallest absolute Gasteiger partial charge is 0.237 e. The first-order chi connectivity index (χ1) is 11.8. The number of hydrogen-bond acceptors (Lipinski definition) is 3. The number of carbonyl (C=O) groups excluding carboxylic acids is 1. The van der Waals surface area contributed by atoms with Gasteiger partial charge in [-0.25, -0.2) is 0 Å². The van der Waals surface area contributed by atoms with Crippen molar-refractivity contribution in [2.45, 2.75) is 31.5 Å². The van der Waals surface area contributed by atoms with E-state index in [0.29, 0.717) is 6.61 Å². The quantitative estimate of drug-likeness (QED) is 0.941. The molecule has 0 bridgehead atoms. The zero-order valence-corrected chi connectivity index (χ0v) is 13.7. The minimum Gasteiger partial charge on any atom is -0.491 e. The minimum absolute atomic E-state index is 0.0344. The summed E-state index contributed by atoms with van der Waals surface area (Å²) in [5.41, 5.74) is 2.34. The highest BCUT2D eigenvalue weighted by atomic mass is 16.5. The number of para-hydroxylation sites is 1. The molecular formula is C20H22N2O2. The third kappa shape index (κ3) is 3.02. The lowest BCUT2D eigenvalue weighted by atomic mass is 10.1. The molecule has 4 heteroatoms. The van der Waals surface area contributed by atoms with Crippen LogP contribution in [0, 0.1) is 0 Å². The maximum Gasteiger partial charge on any atom is 0.237 e. The number of rotatable bonds is 4. The average molecular weight is 322 g/mol. The van der Waals surface area contributed by atoms with Crippen molar-refractivity contribution in [3.8, 4) is 5.75 Å². The van der Waals surface area contributed by atoms with Gasteiger partial charge in [0.2, 0.25) is 5.91 Å². The lowest BCUT2D eigenvalue weighted by molar-refractivity contribution is -0.126. The highest BCUT2D eigenvalue weighted by molar-refractivity contribution is 5.82. The third-order valence-electron chi connectivity index (χ3n) is 4.91. The Morgan fingerprint density at radius 3 is 2.79 bits per heavy atom. The van der Waals surface area contributed by atoms with E-state index in [4.69, 9.17) is 4.74 Å². The van der Waals surface area contributed by atoms with Gasteiger partial charge in [0.05, 0.1) is 12.1 Å². The predicted molar refractivity (Wildman–Crippen MR) is 92.7 cm³/mol. The zero-order valence-electron chi connectivity index (χ0n) is 13.7. The van der Waals surface area contributed by atoms with Crippen LogP contribution in [0.3, 0.4) is 0 Å². The Bertz CT molecular complexity index is 717. The SMILES string of the molecule is O=C(N[C@H]1COc2ccccc21)[C@@H]1CCCN1Cc1ccccc1. The zero-order chi connectivity index (χ0) is 16.4. The first kappa shape index (κ1) is 15.2. The molecule has 124 valence electrons. The number of carbonyl (C=O) groups is 1. The van der Waals surface area contributed by atoms with Crippen molar-refractivity contribution in [2.24, 2.45) is 0 Å². The van der Waals surface area contributed by atoms with Crippen LogP contribution in [-0.4, -0.2) is 30.0 Å². The fraction of sp³-hybridized carbons (Fsp3) is 0.350. The Morgan fingerprint density at radius 2 is 1.92 bits per heavy atom. The molecule has 0 aliphatic carbocycles. The molecule has 1 fully saturated rings. The molecule has 1 saturated heterocycles. The normalized spacial score (nSPS) is 22.8. The van der Waals surface area contributed by atoms with E-state index in [1.165, 1.54) is 5.56 Å². The highest BCUT2D eigenvalue weighted by Crippen LogP contribution is 2.32. The van der Waals surface area contributed by atoms with Crippen LogP contribution >= 0.6 is 0 Å². The van der Waals surface area contributed by atoms with E-state index in [9.17, 15) is 4.79 Å². The van der Waals surface area contributed by atoms with E-state index in [-0.39, 0.29) is 18.0 Å². The molecule has 0 aromatic heterocycles. The van der Waals surface area contributed by atoms with Gasteiger partial charge in [0, 0.05) is 12.1 Å². The summed E-state index contributed by atoms with van der Waals surface area (Å²) in [5.74, 6) is 1.00. The van der Waals surface area contributed by atoms with Gasteiger partial charge < -0.3 is 10.1 Å². The van der Waals surface area contributed by atoms with Crippen LogP contribution in [0.1, 0.15) is 30.0 Å². The number of amides is 1. The predicted octanol–water partition coefficient (Wildman–Crippen LogP) is 2.90. The molecule has 2 aromatic rings. The Labute approximate surface area is 142 Å². The lowest BCUT2D eigenvalue weighted by Crippen LogP contribution is -2.44. The Balaban J connectivity index is 1.42. The van der Waals surface area contributed by atoms with Gasteiger partial charge in [0.1, 0.15) is 12.4 Å². The topological polar surface area (TPSA) is 41.6 Å². The number of fused-ring (bicyclic) bond motifs is 1. The molecular weight excluding hydrogens is 300 g/mol. The summed E-state index contributed by atoms with van der Waals surface area (Å²) in [6.45, 7) is 2.33. The molecule has 2 heterocycles. The van der Waals surface area contributed by atoms with Crippen molar-refractivity contribution in [1.82, 2.24) is 10.2 Å². The maximum absolute atomic E-state index is 12.8. The van der Waals surface area contributed by atoms with E-state index in [2.05, 4.69) is 22.3 Å². The molecule has 24 heavy (non-hydrogen) atoms.